The number of morpholine rings is 1. The number of hydrogen-bond acceptors (Lipinski definition) is 4. The van der Waals surface area contributed by atoms with E-state index in [-0.39, 0.29) is 5.75 Å². The van der Waals surface area contributed by atoms with E-state index < -0.39 is 10.0 Å². The number of rotatable bonds is 5. The SMILES string of the molecule is Cc1ccccc1CS(=O)(=O)N1CCC(CN2CCOCC2)CC1. The maximum Gasteiger partial charge on any atom is 0.218 e. The van der Waals surface area contributed by atoms with Crippen LogP contribution in [0, 0.1) is 12.8 Å². The van der Waals surface area contributed by atoms with Crippen LogP contribution >= 0.6 is 0 Å². The Labute approximate surface area is 145 Å². The minimum absolute atomic E-state index is 0.119. The zero-order valence-corrected chi connectivity index (χ0v) is 15.3. The van der Waals surface area contributed by atoms with Gasteiger partial charge in [0, 0.05) is 32.7 Å². The van der Waals surface area contributed by atoms with Crippen LogP contribution in [0.15, 0.2) is 24.3 Å². The Morgan fingerprint density at radius 1 is 1.08 bits per heavy atom. The summed E-state index contributed by atoms with van der Waals surface area (Å²) in [6.07, 6.45) is 1.93. The van der Waals surface area contributed by atoms with Crippen LogP contribution in [0.4, 0.5) is 0 Å². The normalized spacial score (nSPS) is 21.9. The lowest BCUT2D eigenvalue weighted by Crippen LogP contribution is -2.44. The second kappa shape index (κ2) is 7.95. The highest BCUT2D eigenvalue weighted by molar-refractivity contribution is 7.88. The van der Waals surface area contributed by atoms with Crippen LogP contribution in [0.5, 0.6) is 0 Å². The van der Waals surface area contributed by atoms with Crippen molar-refractivity contribution in [2.75, 3.05) is 45.9 Å². The number of sulfonamides is 1. The summed E-state index contributed by atoms with van der Waals surface area (Å²) in [4.78, 5) is 2.45. The molecule has 0 bridgehead atoms. The van der Waals surface area contributed by atoms with Crippen molar-refractivity contribution in [2.24, 2.45) is 5.92 Å². The van der Waals surface area contributed by atoms with Crippen molar-refractivity contribution in [2.45, 2.75) is 25.5 Å². The highest BCUT2D eigenvalue weighted by Gasteiger charge is 2.29. The first-order valence-electron chi connectivity index (χ1n) is 8.87. The molecular weight excluding hydrogens is 324 g/mol. The summed E-state index contributed by atoms with van der Waals surface area (Å²) in [5.41, 5.74) is 1.95. The van der Waals surface area contributed by atoms with Gasteiger partial charge in [0.15, 0.2) is 0 Å². The first-order valence-corrected chi connectivity index (χ1v) is 10.5. The molecule has 0 atom stereocenters. The third-order valence-corrected chi connectivity index (χ3v) is 7.01. The molecule has 0 saturated carbocycles. The summed E-state index contributed by atoms with van der Waals surface area (Å²) >= 11 is 0. The van der Waals surface area contributed by atoms with Gasteiger partial charge in [-0.15, -0.1) is 0 Å². The molecule has 1 aromatic carbocycles. The number of ether oxygens (including phenoxy) is 1. The van der Waals surface area contributed by atoms with E-state index in [0.29, 0.717) is 19.0 Å². The van der Waals surface area contributed by atoms with Crippen molar-refractivity contribution in [1.29, 1.82) is 0 Å². The summed E-state index contributed by atoms with van der Waals surface area (Å²) < 4.78 is 32.5. The summed E-state index contributed by atoms with van der Waals surface area (Å²) in [5.74, 6) is 0.723. The third-order valence-electron chi connectivity index (χ3n) is 5.19. The summed E-state index contributed by atoms with van der Waals surface area (Å²) in [5, 5.41) is 0. The molecule has 134 valence electrons. The van der Waals surface area contributed by atoms with E-state index >= 15 is 0 Å². The Kier molecular flexibility index (Phi) is 5.92. The van der Waals surface area contributed by atoms with Crippen LogP contribution in [-0.2, 0) is 20.5 Å². The van der Waals surface area contributed by atoms with Crippen LogP contribution in [0.3, 0.4) is 0 Å². The maximum absolute atomic E-state index is 12.7. The molecule has 24 heavy (non-hydrogen) atoms. The number of hydrogen-bond donors (Lipinski definition) is 0. The number of piperidine rings is 1. The lowest BCUT2D eigenvalue weighted by atomic mass is 9.97. The second-order valence-corrected chi connectivity index (χ2v) is 8.91. The van der Waals surface area contributed by atoms with Crippen LogP contribution in [0.25, 0.3) is 0 Å². The Balaban J connectivity index is 1.52. The van der Waals surface area contributed by atoms with E-state index in [0.717, 1.165) is 56.8 Å². The zero-order valence-electron chi connectivity index (χ0n) is 14.5. The molecule has 0 aliphatic carbocycles. The number of benzene rings is 1. The topological polar surface area (TPSA) is 49.9 Å². The average molecular weight is 353 g/mol. The molecular formula is C18H28N2O3S. The maximum atomic E-state index is 12.7. The van der Waals surface area contributed by atoms with Gasteiger partial charge in [0.25, 0.3) is 0 Å². The van der Waals surface area contributed by atoms with Gasteiger partial charge in [-0.3, -0.25) is 4.90 Å². The van der Waals surface area contributed by atoms with Gasteiger partial charge in [-0.2, -0.15) is 0 Å². The van der Waals surface area contributed by atoms with Crippen LogP contribution in [0.2, 0.25) is 0 Å². The van der Waals surface area contributed by atoms with Gasteiger partial charge in [-0.1, -0.05) is 24.3 Å². The van der Waals surface area contributed by atoms with Gasteiger partial charge in [-0.05, 0) is 36.8 Å². The zero-order chi connectivity index (χ0) is 17.0. The molecule has 2 aliphatic heterocycles. The predicted molar refractivity (Wildman–Crippen MR) is 95.4 cm³/mol. The summed E-state index contributed by atoms with van der Waals surface area (Å²) in [6.45, 7) is 8.02. The van der Waals surface area contributed by atoms with Gasteiger partial charge in [0.05, 0.1) is 19.0 Å². The lowest BCUT2D eigenvalue weighted by molar-refractivity contribution is 0.0269. The number of aryl methyl sites for hydroxylation is 1. The fourth-order valence-corrected chi connectivity index (χ4v) is 5.25. The molecule has 5 nitrogen and oxygen atoms in total. The van der Waals surface area contributed by atoms with E-state index in [1.54, 1.807) is 4.31 Å². The summed E-state index contributed by atoms with van der Waals surface area (Å²) in [7, 11) is -3.22. The van der Waals surface area contributed by atoms with Gasteiger partial charge >= 0.3 is 0 Å². The molecule has 3 rings (SSSR count). The largest absolute Gasteiger partial charge is 0.379 e. The molecule has 0 N–H and O–H groups in total. The van der Waals surface area contributed by atoms with Gasteiger partial charge in [0.1, 0.15) is 0 Å². The van der Waals surface area contributed by atoms with E-state index in [1.165, 1.54) is 0 Å². The molecule has 2 heterocycles. The van der Waals surface area contributed by atoms with Crippen LogP contribution < -0.4 is 0 Å². The average Bonchev–Trinajstić information content (AvgIpc) is 2.58. The minimum atomic E-state index is -3.22. The molecule has 1 aromatic rings. The molecule has 0 radical (unpaired) electrons. The van der Waals surface area contributed by atoms with Crippen molar-refractivity contribution in [3.63, 3.8) is 0 Å². The fraction of sp³-hybridized carbons (Fsp3) is 0.667. The van der Waals surface area contributed by atoms with E-state index in [1.807, 2.05) is 31.2 Å². The molecule has 2 saturated heterocycles. The van der Waals surface area contributed by atoms with Gasteiger partial charge in [-0.25, -0.2) is 12.7 Å². The van der Waals surface area contributed by atoms with Crippen LogP contribution in [0.1, 0.15) is 24.0 Å². The van der Waals surface area contributed by atoms with Gasteiger partial charge in [0.2, 0.25) is 10.0 Å². The molecule has 0 aromatic heterocycles. The molecule has 6 heteroatoms. The van der Waals surface area contributed by atoms with Gasteiger partial charge < -0.3 is 4.74 Å². The molecule has 2 aliphatic rings. The van der Waals surface area contributed by atoms with Crippen LogP contribution in [-0.4, -0.2) is 63.6 Å². The molecule has 2 fully saturated rings. The number of nitrogens with zero attached hydrogens (tertiary/aromatic N) is 2. The Bertz CT molecular complexity index is 633. The van der Waals surface area contributed by atoms with Crippen molar-refractivity contribution in [3.05, 3.63) is 35.4 Å². The fourth-order valence-electron chi connectivity index (χ4n) is 3.58. The quantitative estimate of drug-likeness (QED) is 0.812. The first kappa shape index (κ1) is 17.9. The van der Waals surface area contributed by atoms with E-state index in [2.05, 4.69) is 4.90 Å². The lowest BCUT2D eigenvalue weighted by Gasteiger charge is -2.35. The minimum Gasteiger partial charge on any atom is -0.379 e. The molecule has 0 spiro atoms. The predicted octanol–water partition coefficient (Wildman–Crippen LogP) is 1.87. The Hall–Kier alpha value is -0.950. The Morgan fingerprint density at radius 2 is 1.75 bits per heavy atom. The van der Waals surface area contributed by atoms with Crippen molar-refractivity contribution >= 4 is 10.0 Å². The monoisotopic (exact) mass is 352 g/mol. The van der Waals surface area contributed by atoms with E-state index in [4.69, 9.17) is 4.74 Å². The van der Waals surface area contributed by atoms with Crippen molar-refractivity contribution < 1.29 is 13.2 Å². The van der Waals surface area contributed by atoms with E-state index in [9.17, 15) is 8.42 Å². The molecule has 0 unspecified atom stereocenters. The standard InChI is InChI=1S/C18H28N2O3S/c1-16-4-2-3-5-18(16)15-24(21,22)20-8-6-17(7-9-20)14-19-10-12-23-13-11-19/h2-5,17H,6-15H2,1H3. The third kappa shape index (κ3) is 4.57. The summed E-state index contributed by atoms with van der Waals surface area (Å²) in [6, 6.07) is 7.74. The highest BCUT2D eigenvalue weighted by Crippen LogP contribution is 2.23. The second-order valence-electron chi connectivity index (χ2n) is 6.94. The smallest absolute Gasteiger partial charge is 0.218 e. The van der Waals surface area contributed by atoms with Crippen molar-refractivity contribution in [1.82, 2.24) is 9.21 Å². The van der Waals surface area contributed by atoms with Crippen molar-refractivity contribution in [3.8, 4) is 0 Å². The molecule has 0 amide bonds. The first-order chi connectivity index (χ1) is 11.5. The highest BCUT2D eigenvalue weighted by atomic mass is 32.2. The Morgan fingerprint density at radius 3 is 2.42 bits per heavy atom.